The Hall–Kier alpha value is -2.25. The number of piperazine rings is 1. The van der Waals surface area contributed by atoms with Gasteiger partial charge in [0.2, 0.25) is 5.91 Å². The van der Waals surface area contributed by atoms with Crippen LogP contribution < -0.4 is 9.80 Å². The molecule has 0 N–H and O–H groups in total. The van der Waals surface area contributed by atoms with Crippen LogP contribution in [0.5, 0.6) is 0 Å². The molecular formula is C20H19BrFN3O2. The first-order chi connectivity index (χ1) is 13.0. The Kier molecular flexibility index (Phi) is 4.97. The third kappa shape index (κ3) is 3.49. The number of nitrogens with zero attached hydrogens (tertiary/aromatic N) is 3. The van der Waals surface area contributed by atoms with Gasteiger partial charge in [0.05, 0.1) is 23.8 Å². The number of benzene rings is 2. The van der Waals surface area contributed by atoms with Crippen molar-refractivity contribution in [3.8, 4) is 0 Å². The van der Waals surface area contributed by atoms with Gasteiger partial charge >= 0.3 is 0 Å². The van der Waals surface area contributed by atoms with Crippen LogP contribution in [-0.2, 0) is 9.59 Å². The number of carbonyl (C=O) groups excluding carboxylic acids is 2. The van der Waals surface area contributed by atoms with Crippen LogP contribution in [0.1, 0.15) is 6.42 Å². The minimum Gasteiger partial charge on any atom is -0.367 e. The van der Waals surface area contributed by atoms with E-state index < -0.39 is 6.04 Å². The van der Waals surface area contributed by atoms with Crippen molar-refractivity contribution < 1.29 is 14.0 Å². The van der Waals surface area contributed by atoms with Crippen LogP contribution in [0.25, 0.3) is 0 Å². The number of anilines is 2. The molecule has 2 fully saturated rings. The first kappa shape index (κ1) is 18.1. The topological polar surface area (TPSA) is 43.9 Å². The molecule has 0 aromatic heterocycles. The lowest BCUT2D eigenvalue weighted by molar-refractivity contribution is -0.123. The maximum absolute atomic E-state index is 14.0. The number of hydrogen-bond acceptors (Lipinski definition) is 4. The summed E-state index contributed by atoms with van der Waals surface area (Å²) >= 11 is 3.36. The number of amides is 2. The Balaban J connectivity index is 1.44. The fourth-order valence-electron chi connectivity index (χ4n) is 3.75. The third-order valence-electron chi connectivity index (χ3n) is 5.16. The van der Waals surface area contributed by atoms with Crippen LogP contribution in [0.4, 0.5) is 15.8 Å². The van der Waals surface area contributed by atoms with Crippen LogP contribution in [0.15, 0.2) is 53.0 Å². The lowest BCUT2D eigenvalue weighted by atomic mass is 10.1. The van der Waals surface area contributed by atoms with Crippen molar-refractivity contribution >= 4 is 39.1 Å². The van der Waals surface area contributed by atoms with Gasteiger partial charge in [-0.15, -0.1) is 0 Å². The van der Waals surface area contributed by atoms with Gasteiger partial charge in [-0.2, -0.15) is 0 Å². The predicted octanol–water partition coefficient (Wildman–Crippen LogP) is 3.04. The summed E-state index contributed by atoms with van der Waals surface area (Å²) in [4.78, 5) is 30.6. The van der Waals surface area contributed by atoms with Crippen LogP contribution >= 0.6 is 15.9 Å². The summed E-state index contributed by atoms with van der Waals surface area (Å²) in [6.45, 7) is 2.48. The third-order valence-corrected chi connectivity index (χ3v) is 5.68. The molecule has 0 unspecified atom stereocenters. The molecule has 7 heteroatoms. The first-order valence-corrected chi connectivity index (χ1v) is 9.70. The van der Waals surface area contributed by atoms with Gasteiger partial charge in [-0.1, -0.05) is 28.1 Å². The highest BCUT2D eigenvalue weighted by molar-refractivity contribution is 9.10. The minimum absolute atomic E-state index is 0.177. The van der Waals surface area contributed by atoms with Gasteiger partial charge in [-0.3, -0.25) is 14.5 Å². The second-order valence-corrected chi connectivity index (χ2v) is 7.65. The van der Waals surface area contributed by atoms with Crippen LogP contribution in [0, 0.1) is 5.82 Å². The largest absolute Gasteiger partial charge is 0.367 e. The summed E-state index contributed by atoms with van der Waals surface area (Å²) in [7, 11) is 0. The van der Waals surface area contributed by atoms with Gasteiger partial charge < -0.3 is 4.90 Å². The summed E-state index contributed by atoms with van der Waals surface area (Å²) in [5, 5.41) is 0. The zero-order valence-corrected chi connectivity index (χ0v) is 16.2. The molecule has 0 aliphatic carbocycles. The quantitative estimate of drug-likeness (QED) is 0.700. The second kappa shape index (κ2) is 7.40. The molecule has 0 saturated carbocycles. The number of para-hydroxylation sites is 1. The molecule has 2 aromatic rings. The van der Waals surface area contributed by atoms with Crippen molar-refractivity contribution in [1.29, 1.82) is 0 Å². The zero-order chi connectivity index (χ0) is 19.0. The normalized spacial score (nSPS) is 21.2. The highest BCUT2D eigenvalue weighted by Gasteiger charge is 2.43. The Bertz CT molecular complexity index is 866. The summed E-state index contributed by atoms with van der Waals surface area (Å²) in [6.07, 6.45) is 0.189. The lowest BCUT2D eigenvalue weighted by Gasteiger charge is -2.38. The van der Waals surface area contributed by atoms with Crippen molar-refractivity contribution in [2.45, 2.75) is 12.5 Å². The fourth-order valence-corrected chi connectivity index (χ4v) is 4.01. The van der Waals surface area contributed by atoms with Crippen molar-refractivity contribution in [1.82, 2.24) is 4.90 Å². The Morgan fingerprint density at radius 2 is 1.59 bits per heavy atom. The standard InChI is InChI=1S/C20H19BrFN3O2/c21-14-5-7-15(8-6-14)25-19(26)13-18(20(25)27)24-11-9-23(10-12-24)17-4-2-1-3-16(17)22/h1-8,18H,9-13H2/t18-/m0/s1. The van der Waals surface area contributed by atoms with Gasteiger partial charge in [-0.25, -0.2) is 9.29 Å². The lowest BCUT2D eigenvalue weighted by Crippen LogP contribution is -2.52. The van der Waals surface area contributed by atoms with E-state index in [-0.39, 0.29) is 24.1 Å². The van der Waals surface area contributed by atoms with Gasteiger partial charge in [0.15, 0.2) is 0 Å². The van der Waals surface area contributed by atoms with E-state index in [1.807, 2.05) is 28.0 Å². The van der Waals surface area contributed by atoms with Gasteiger partial charge in [0.1, 0.15) is 5.82 Å². The smallest absolute Gasteiger partial charge is 0.251 e. The number of hydrogen-bond donors (Lipinski definition) is 0. The molecule has 2 saturated heterocycles. The molecule has 1 atom stereocenters. The molecule has 2 aliphatic heterocycles. The van der Waals surface area contributed by atoms with Gasteiger partial charge in [0.25, 0.3) is 5.91 Å². The first-order valence-electron chi connectivity index (χ1n) is 8.90. The summed E-state index contributed by atoms with van der Waals surface area (Å²) in [6, 6.07) is 13.4. The molecule has 4 rings (SSSR count). The highest BCUT2D eigenvalue weighted by atomic mass is 79.9. The maximum atomic E-state index is 14.0. The average Bonchev–Trinajstić information content (AvgIpc) is 2.97. The van der Waals surface area contributed by atoms with E-state index in [0.717, 1.165) is 4.47 Å². The monoisotopic (exact) mass is 431 g/mol. The van der Waals surface area contributed by atoms with E-state index in [9.17, 15) is 14.0 Å². The van der Waals surface area contributed by atoms with Crippen LogP contribution in [0.3, 0.4) is 0 Å². The molecule has 2 aromatic carbocycles. The molecule has 2 heterocycles. The fraction of sp³-hybridized carbons (Fsp3) is 0.300. The minimum atomic E-state index is -0.441. The van der Waals surface area contributed by atoms with E-state index in [4.69, 9.17) is 0 Å². The average molecular weight is 432 g/mol. The summed E-state index contributed by atoms with van der Waals surface area (Å²) < 4.78 is 14.9. The van der Waals surface area contributed by atoms with Crippen LogP contribution in [0.2, 0.25) is 0 Å². The zero-order valence-electron chi connectivity index (χ0n) is 14.6. The van der Waals surface area contributed by atoms with Gasteiger partial charge in [0, 0.05) is 30.7 Å². The number of imide groups is 1. The van der Waals surface area contributed by atoms with E-state index in [0.29, 0.717) is 37.6 Å². The van der Waals surface area contributed by atoms with Crippen molar-refractivity contribution in [2.24, 2.45) is 0 Å². The number of carbonyl (C=O) groups is 2. The molecule has 2 aliphatic rings. The molecule has 27 heavy (non-hydrogen) atoms. The molecule has 0 spiro atoms. The van der Waals surface area contributed by atoms with E-state index >= 15 is 0 Å². The number of rotatable bonds is 3. The molecule has 0 bridgehead atoms. The molecular weight excluding hydrogens is 413 g/mol. The summed E-state index contributed by atoms with van der Waals surface area (Å²) in [5.74, 6) is -0.593. The molecule has 2 amide bonds. The van der Waals surface area contributed by atoms with E-state index in [2.05, 4.69) is 15.9 Å². The van der Waals surface area contributed by atoms with Crippen LogP contribution in [-0.4, -0.2) is 48.9 Å². The van der Waals surface area contributed by atoms with Gasteiger partial charge in [-0.05, 0) is 36.4 Å². The van der Waals surface area contributed by atoms with Crippen molar-refractivity contribution in [3.05, 3.63) is 58.8 Å². The Morgan fingerprint density at radius 1 is 0.926 bits per heavy atom. The summed E-state index contributed by atoms with van der Waals surface area (Å²) in [5.41, 5.74) is 1.18. The van der Waals surface area contributed by atoms with E-state index in [1.165, 1.54) is 11.0 Å². The molecule has 5 nitrogen and oxygen atoms in total. The Morgan fingerprint density at radius 3 is 2.26 bits per heavy atom. The van der Waals surface area contributed by atoms with E-state index in [1.54, 1.807) is 24.3 Å². The maximum Gasteiger partial charge on any atom is 0.251 e. The number of halogens is 2. The Labute approximate surface area is 165 Å². The highest BCUT2D eigenvalue weighted by Crippen LogP contribution is 2.28. The predicted molar refractivity (Wildman–Crippen MR) is 105 cm³/mol. The SMILES string of the molecule is O=C1C[C@H](N2CCN(c3ccccc3F)CC2)C(=O)N1c1ccc(Br)cc1. The van der Waals surface area contributed by atoms with Crippen molar-refractivity contribution in [3.63, 3.8) is 0 Å². The van der Waals surface area contributed by atoms with Crippen molar-refractivity contribution in [2.75, 3.05) is 36.0 Å². The second-order valence-electron chi connectivity index (χ2n) is 6.74. The molecule has 140 valence electrons. The molecule has 0 radical (unpaired) electrons.